The second-order valence-electron chi connectivity index (χ2n) is 3.15. The van der Waals surface area contributed by atoms with Crippen molar-refractivity contribution in [3.8, 4) is 0 Å². The van der Waals surface area contributed by atoms with Gasteiger partial charge in [0.2, 0.25) is 0 Å². The summed E-state index contributed by atoms with van der Waals surface area (Å²) in [5.41, 5.74) is -0.179. The summed E-state index contributed by atoms with van der Waals surface area (Å²) in [5, 5.41) is 9.34. The summed E-state index contributed by atoms with van der Waals surface area (Å²) in [6, 6.07) is 0. The summed E-state index contributed by atoms with van der Waals surface area (Å²) < 4.78 is 0. The van der Waals surface area contributed by atoms with E-state index in [2.05, 4.69) is 11.4 Å². The van der Waals surface area contributed by atoms with Gasteiger partial charge in [0.1, 0.15) is 0 Å². The van der Waals surface area contributed by atoms with Crippen LogP contribution in [0.25, 0.3) is 0 Å². The smallest absolute Gasteiger partial charge is 0.359 e. The fraction of sp³-hybridized carbons (Fsp3) is 0.444. The molecule has 0 aromatic rings. The molecule has 6 nitrogen and oxygen atoms in total. The third-order valence-corrected chi connectivity index (χ3v) is 1.88. The van der Waals surface area contributed by atoms with E-state index in [0.29, 0.717) is 19.4 Å². The van der Waals surface area contributed by atoms with Crippen LogP contribution in [0.5, 0.6) is 0 Å². The van der Waals surface area contributed by atoms with Gasteiger partial charge in [-0.1, -0.05) is 6.58 Å². The molecule has 0 radical (unpaired) electrons. The van der Waals surface area contributed by atoms with E-state index < -0.39 is 18.4 Å². The van der Waals surface area contributed by atoms with Crippen molar-refractivity contribution < 1.29 is 24.3 Å². The molecule has 15 heavy (non-hydrogen) atoms. The van der Waals surface area contributed by atoms with E-state index in [4.69, 9.17) is 5.11 Å². The fourth-order valence-electron chi connectivity index (χ4n) is 1.14. The summed E-state index contributed by atoms with van der Waals surface area (Å²) in [7, 11) is 0. The summed E-state index contributed by atoms with van der Waals surface area (Å²) >= 11 is 0. The summed E-state index contributed by atoms with van der Waals surface area (Å²) in [6.45, 7) is 3.62. The molecule has 0 aliphatic carbocycles. The van der Waals surface area contributed by atoms with Crippen molar-refractivity contribution in [2.45, 2.75) is 19.3 Å². The molecule has 1 aliphatic rings. The van der Waals surface area contributed by atoms with E-state index >= 15 is 0 Å². The predicted octanol–water partition coefficient (Wildman–Crippen LogP) is 0.0979. The van der Waals surface area contributed by atoms with Crippen molar-refractivity contribution >= 4 is 17.8 Å². The summed E-state index contributed by atoms with van der Waals surface area (Å²) in [6.07, 6.45) is 0.497. The molecule has 0 saturated carbocycles. The molecule has 0 aromatic carbocycles. The van der Waals surface area contributed by atoms with Crippen molar-refractivity contribution in [2.24, 2.45) is 0 Å². The molecule has 6 heteroatoms. The van der Waals surface area contributed by atoms with Gasteiger partial charge in [-0.2, -0.15) is 5.06 Å². The number of carbonyl (C=O) groups excluding carboxylic acids is 2. The molecule has 1 rings (SSSR count). The van der Waals surface area contributed by atoms with E-state index in [-0.39, 0.29) is 11.5 Å². The molecule has 1 aliphatic heterocycles. The second-order valence-corrected chi connectivity index (χ2v) is 3.15. The lowest BCUT2D eigenvalue weighted by Gasteiger charge is -2.14. The Morgan fingerprint density at radius 1 is 1.53 bits per heavy atom. The maximum Gasteiger partial charge on any atom is 0.359 e. The second kappa shape index (κ2) is 4.59. The van der Waals surface area contributed by atoms with Gasteiger partial charge in [0.25, 0.3) is 5.91 Å². The molecule has 1 saturated heterocycles. The standard InChI is InChI=1S/C9H11NO5/c1-6(5-8(12)13)9(14)15-10-4-2-3-7(10)11/h1-5H2,(H,12,13). The number of hydroxylamine groups is 2. The Hall–Kier alpha value is -1.85. The highest BCUT2D eigenvalue weighted by Crippen LogP contribution is 2.12. The Kier molecular flexibility index (Phi) is 3.43. The zero-order valence-electron chi connectivity index (χ0n) is 8.06. The van der Waals surface area contributed by atoms with E-state index in [9.17, 15) is 14.4 Å². The lowest BCUT2D eigenvalue weighted by molar-refractivity contribution is -0.189. The molecule has 0 bridgehead atoms. The molecule has 1 heterocycles. The van der Waals surface area contributed by atoms with Gasteiger partial charge in [-0.05, 0) is 6.42 Å². The minimum atomic E-state index is -1.16. The third-order valence-electron chi connectivity index (χ3n) is 1.88. The van der Waals surface area contributed by atoms with Crippen LogP contribution in [-0.2, 0) is 19.2 Å². The Bertz CT molecular complexity index is 322. The van der Waals surface area contributed by atoms with Gasteiger partial charge in [0.05, 0.1) is 13.0 Å². The van der Waals surface area contributed by atoms with Crippen LogP contribution in [0.1, 0.15) is 19.3 Å². The Labute approximate surface area is 86.1 Å². The normalized spacial score (nSPS) is 15.2. The molecule has 82 valence electrons. The summed E-state index contributed by atoms with van der Waals surface area (Å²) in [4.78, 5) is 37.2. The van der Waals surface area contributed by atoms with Gasteiger partial charge in [-0.3, -0.25) is 9.59 Å². The van der Waals surface area contributed by atoms with Gasteiger partial charge in [-0.25, -0.2) is 4.79 Å². The number of carboxylic acid groups (broad SMARTS) is 1. The van der Waals surface area contributed by atoms with Crippen LogP contribution in [0.3, 0.4) is 0 Å². The number of carboxylic acids is 1. The zero-order valence-corrected chi connectivity index (χ0v) is 8.06. The zero-order chi connectivity index (χ0) is 11.4. The molecule has 0 spiro atoms. The van der Waals surface area contributed by atoms with Crippen LogP contribution >= 0.6 is 0 Å². The number of hydrogen-bond donors (Lipinski definition) is 1. The van der Waals surface area contributed by atoms with Gasteiger partial charge in [-0.15, -0.1) is 0 Å². The van der Waals surface area contributed by atoms with Gasteiger partial charge in [0.15, 0.2) is 0 Å². The van der Waals surface area contributed by atoms with Crippen molar-refractivity contribution in [2.75, 3.05) is 6.54 Å². The average molecular weight is 213 g/mol. The van der Waals surface area contributed by atoms with Gasteiger partial charge >= 0.3 is 11.9 Å². The molecule has 0 atom stereocenters. The topological polar surface area (TPSA) is 83.9 Å². The van der Waals surface area contributed by atoms with E-state index in [0.717, 1.165) is 5.06 Å². The highest BCUT2D eigenvalue weighted by atomic mass is 16.7. The quantitative estimate of drug-likeness (QED) is 0.669. The Morgan fingerprint density at radius 3 is 2.67 bits per heavy atom. The minimum absolute atomic E-state index is 0.179. The third kappa shape index (κ3) is 3.08. The van der Waals surface area contributed by atoms with Crippen LogP contribution in [-0.4, -0.2) is 34.6 Å². The van der Waals surface area contributed by atoms with E-state index in [1.165, 1.54) is 0 Å². The van der Waals surface area contributed by atoms with Gasteiger partial charge in [0, 0.05) is 12.0 Å². The number of hydrogen-bond acceptors (Lipinski definition) is 4. The maximum atomic E-state index is 11.2. The molecular formula is C9H11NO5. The first-order chi connectivity index (χ1) is 7.00. The number of carbonyl (C=O) groups is 3. The van der Waals surface area contributed by atoms with Crippen molar-refractivity contribution in [3.63, 3.8) is 0 Å². The monoisotopic (exact) mass is 213 g/mol. The number of amides is 1. The first-order valence-corrected chi connectivity index (χ1v) is 4.43. The minimum Gasteiger partial charge on any atom is -0.481 e. The lowest BCUT2D eigenvalue weighted by atomic mass is 10.2. The highest BCUT2D eigenvalue weighted by Gasteiger charge is 2.25. The van der Waals surface area contributed by atoms with Gasteiger partial charge < -0.3 is 9.94 Å². The number of rotatable bonds is 4. The number of aliphatic carboxylic acids is 1. The molecule has 1 amide bonds. The fourth-order valence-corrected chi connectivity index (χ4v) is 1.14. The van der Waals surface area contributed by atoms with Crippen LogP contribution in [0, 0.1) is 0 Å². The van der Waals surface area contributed by atoms with E-state index in [1.807, 2.05) is 0 Å². The molecule has 1 fully saturated rings. The van der Waals surface area contributed by atoms with E-state index in [1.54, 1.807) is 0 Å². The first kappa shape index (κ1) is 11.2. The molecule has 0 aromatic heterocycles. The first-order valence-electron chi connectivity index (χ1n) is 4.43. The van der Waals surface area contributed by atoms with Crippen molar-refractivity contribution in [1.82, 2.24) is 5.06 Å². The molecule has 1 N–H and O–H groups in total. The predicted molar refractivity (Wildman–Crippen MR) is 48.4 cm³/mol. The highest BCUT2D eigenvalue weighted by molar-refractivity contribution is 5.93. The largest absolute Gasteiger partial charge is 0.481 e. The lowest BCUT2D eigenvalue weighted by Crippen LogP contribution is -2.29. The molecule has 0 unspecified atom stereocenters. The van der Waals surface area contributed by atoms with Crippen LogP contribution in [0.2, 0.25) is 0 Å². The average Bonchev–Trinajstić information content (AvgIpc) is 2.50. The summed E-state index contributed by atoms with van der Waals surface area (Å²) in [5.74, 6) is -2.30. The Morgan fingerprint density at radius 2 is 2.20 bits per heavy atom. The number of nitrogens with zero attached hydrogens (tertiary/aromatic N) is 1. The SMILES string of the molecule is C=C(CC(=O)O)C(=O)ON1CCCC1=O. The Balaban J connectivity index is 2.44. The van der Waals surface area contributed by atoms with Crippen molar-refractivity contribution in [3.05, 3.63) is 12.2 Å². The maximum absolute atomic E-state index is 11.2. The van der Waals surface area contributed by atoms with Crippen LogP contribution in [0.15, 0.2) is 12.2 Å². The van der Waals surface area contributed by atoms with Crippen LogP contribution in [0.4, 0.5) is 0 Å². The molecular weight excluding hydrogens is 202 g/mol. The van der Waals surface area contributed by atoms with Crippen LogP contribution < -0.4 is 0 Å². The van der Waals surface area contributed by atoms with Crippen molar-refractivity contribution in [1.29, 1.82) is 0 Å².